The number of carbonyl (C=O) groups is 1. The van der Waals surface area contributed by atoms with Gasteiger partial charge in [0.2, 0.25) is 0 Å². The molecule has 1 heterocycles. The highest BCUT2D eigenvalue weighted by molar-refractivity contribution is 5.89. The molecule has 1 aliphatic rings. The second-order valence-electron chi connectivity index (χ2n) is 5.60. The number of urea groups is 1. The number of nitrogens with zero attached hydrogens (tertiary/aromatic N) is 1. The molecule has 0 bridgehead atoms. The van der Waals surface area contributed by atoms with E-state index in [0.29, 0.717) is 29.0 Å². The Balaban J connectivity index is 1.54. The second-order valence-corrected chi connectivity index (χ2v) is 5.60. The van der Waals surface area contributed by atoms with Gasteiger partial charge in [-0.1, -0.05) is 0 Å². The molecule has 1 aliphatic heterocycles. The zero-order valence-corrected chi connectivity index (χ0v) is 13.7. The van der Waals surface area contributed by atoms with Crippen molar-refractivity contribution in [3.63, 3.8) is 0 Å². The first-order valence-corrected chi connectivity index (χ1v) is 7.84. The molecule has 2 N–H and O–H groups in total. The van der Waals surface area contributed by atoms with Gasteiger partial charge in [0, 0.05) is 29.9 Å². The lowest BCUT2D eigenvalue weighted by Gasteiger charge is -2.21. The SMILES string of the molecule is O=C(NCCc1cc(F)cc2c1OCOC2)Nc1ccc([N+](=O)[O-])cc1. The smallest absolute Gasteiger partial charge is 0.319 e. The van der Waals surface area contributed by atoms with Crippen LogP contribution in [0, 0.1) is 15.9 Å². The summed E-state index contributed by atoms with van der Waals surface area (Å²) in [6.07, 6.45) is 0.383. The minimum atomic E-state index is -0.517. The van der Waals surface area contributed by atoms with E-state index in [4.69, 9.17) is 9.47 Å². The lowest BCUT2D eigenvalue weighted by molar-refractivity contribution is -0.384. The molecule has 2 amide bonds. The van der Waals surface area contributed by atoms with Gasteiger partial charge >= 0.3 is 6.03 Å². The molecule has 0 saturated heterocycles. The second kappa shape index (κ2) is 7.79. The van der Waals surface area contributed by atoms with Crippen LogP contribution in [0.4, 0.5) is 20.6 Å². The first kappa shape index (κ1) is 17.6. The van der Waals surface area contributed by atoms with Crippen molar-refractivity contribution in [3.8, 4) is 5.75 Å². The number of benzene rings is 2. The normalized spacial score (nSPS) is 12.7. The van der Waals surface area contributed by atoms with Crippen LogP contribution in [0.3, 0.4) is 0 Å². The molecule has 26 heavy (non-hydrogen) atoms. The summed E-state index contributed by atoms with van der Waals surface area (Å²) in [4.78, 5) is 22.0. The fourth-order valence-electron chi connectivity index (χ4n) is 2.59. The Morgan fingerprint density at radius 3 is 2.77 bits per heavy atom. The monoisotopic (exact) mass is 361 g/mol. The van der Waals surface area contributed by atoms with Crippen LogP contribution in [-0.4, -0.2) is 24.3 Å². The van der Waals surface area contributed by atoms with Crippen LogP contribution in [0.5, 0.6) is 5.75 Å². The molecule has 136 valence electrons. The summed E-state index contributed by atoms with van der Waals surface area (Å²) in [5.74, 6) is 0.207. The predicted octanol–water partition coefficient (Wildman–Crippen LogP) is 2.96. The van der Waals surface area contributed by atoms with Gasteiger partial charge in [-0.05, 0) is 36.2 Å². The summed E-state index contributed by atoms with van der Waals surface area (Å²) in [6.45, 7) is 0.659. The van der Waals surface area contributed by atoms with Gasteiger partial charge in [-0.3, -0.25) is 10.1 Å². The van der Waals surface area contributed by atoms with Crippen molar-refractivity contribution in [2.45, 2.75) is 13.0 Å². The number of nitrogens with one attached hydrogen (secondary N) is 2. The van der Waals surface area contributed by atoms with E-state index < -0.39 is 11.0 Å². The maximum Gasteiger partial charge on any atom is 0.319 e. The molecule has 2 aromatic rings. The first-order chi connectivity index (χ1) is 12.5. The largest absolute Gasteiger partial charge is 0.467 e. The number of nitro benzene ring substituents is 1. The zero-order chi connectivity index (χ0) is 18.5. The lowest BCUT2D eigenvalue weighted by Crippen LogP contribution is -2.30. The number of fused-ring (bicyclic) bond motifs is 1. The first-order valence-electron chi connectivity index (χ1n) is 7.84. The third-order valence-electron chi connectivity index (χ3n) is 3.77. The predicted molar refractivity (Wildman–Crippen MR) is 90.5 cm³/mol. The highest BCUT2D eigenvalue weighted by atomic mass is 19.1. The summed E-state index contributed by atoms with van der Waals surface area (Å²) < 4.78 is 24.2. The summed E-state index contributed by atoms with van der Waals surface area (Å²) in [6, 6.07) is 7.76. The molecule has 0 radical (unpaired) electrons. The number of rotatable bonds is 5. The molecular weight excluding hydrogens is 345 g/mol. The minimum absolute atomic E-state index is 0.0594. The quantitative estimate of drug-likeness (QED) is 0.630. The topological polar surface area (TPSA) is 103 Å². The Morgan fingerprint density at radius 2 is 2.04 bits per heavy atom. The Labute approximate surface area is 148 Å². The van der Waals surface area contributed by atoms with Crippen molar-refractivity contribution in [1.82, 2.24) is 5.32 Å². The van der Waals surface area contributed by atoms with Crippen LogP contribution in [-0.2, 0) is 17.8 Å². The van der Waals surface area contributed by atoms with Crippen LogP contribution in [0.25, 0.3) is 0 Å². The van der Waals surface area contributed by atoms with E-state index in [-0.39, 0.29) is 31.4 Å². The number of anilines is 1. The van der Waals surface area contributed by atoms with E-state index >= 15 is 0 Å². The molecule has 9 heteroatoms. The molecule has 0 aliphatic carbocycles. The Hall–Kier alpha value is -3.20. The van der Waals surface area contributed by atoms with Crippen molar-refractivity contribution in [2.75, 3.05) is 18.7 Å². The van der Waals surface area contributed by atoms with E-state index in [2.05, 4.69) is 10.6 Å². The Kier molecular flexibility index (Phi) is 5.28. The van der Waals surface area contributed by atoms with Crippen LogP contribution < -0.4 is 15.4 Å². The number of hydrogen-bond acceptors (Lipinski definition) is 5. The maximum absolute atomic E-state index is 13.7. The Morgan fingerprint density at radius 1 is 1.27 bits per heavy atom. The molecule has 0 saturated carbocycles. The van der Waals surface area contributed by atoms with Crippen molar-refractivity contribution in [1.29, 1.82) is 0 Å². The van der Waals surface area contributed by atoms with Gasteiger partial charge in [-0.15, -0.1) is 0 Å². The summed E-state index contributed by atoms with van der Waals surface area (Å²) in [5, 5.41) is 15.8. The third-order valence-corrected chi connectivity index (χ3v) is 3.77. The molecule has 2 aromatic carbocycles. The fraction of sp³-hybridized carbons (Fsp3) is 0.235. The lowest BCUT2D eigenvalue weighted by atomic mass is 10.1. The van der Waals surface area contributed by atoms with E-state index in [1.807, 2.05) is 0 Å². The van der Waals surface area contributed by atoms with E-state index in [0.717, 1.165) is 0 Å². The molecule has 0 spiro atoms. The molecule has 0 aromatic heterocycles. The van der Waals surface area contributed by atoms with Crippen LogP contribution in [0.1, 0.15) is 11.1 Å². The van der Waals surface area contributed by atoms with Crippen molar-refractivity contribution < 1.29 is 23.6 Å². The van der Waals surface area contributed by atoms with Gasteiger partial charge in [-0.2, -0.15) is 0 Å². The average Bonchev–Trinajstić information content (AvgIpc) is 2.62. The number of ether oxygens (including phenoxy) is 2. The molecule has 3 rings (SSSR count). The van der Waals surface area contributed by atoms with Gasteiger partial charge in [-0.25, -0.2) is 9.18 Å². The van der Waals surface area contributed by atoms with Gasteiger partial charge in [0.05, 0.1) is 11.5 Å². The zero-order valence-electron chi connectivity index (χ0n) is 13.7. The maximum atomic E-state index is 13.7. The fourth-order valence-corrected chi connectivity index (χ4v) is 2.59. The molecular formula is C17H16FN3O5. The summed E-state index contributed by atoms with van der Waals surface area (Å²) in [5.41, 5.74) is 1.66. The Bertz CT molecular complexity index is 826. The number of carbonyl (C=O) groups excluding carboxylic acids is 1. The van der Waals surface area contributed by atoms with Crippen molar-refractivity contribution >= 4 is 17.4 Å². The number of amides is 2. The number of non-ortho nitro benzene ring substituents is 1. The highest BCUT2D eigenvalue weighted by Gasteiger charge is 2.17. The molecule has 8 nitrogen and oxygen atoms in total. The number of hydrogen-bond donors (Lipinski definition) is 2. The van der Waals surface area contributed by atoms with Gasteiger partial charge < -0.3 is 20.1 Å². The van der Waals surface area contributed by atoms with Crippen LogP contribution in [0.2, 0.25) is 0 Å². The van der Waals surface area contributed by atoms with Crippen molar-refractivity contribution in [2.24, 2.45) is 0 Å². The average molecular weight is 361 g/mol. The van der Waals surface area contributed by atoms with E-state index in [9.17, 15) is 19.3 Å². The third kappa shape index (κ3) is 4.25. The van der Waals surface area contributed by atoms with Crippen LogP contribution in [0.15, 0.2) is 36.4 Å². The molecule has 0 fully saturated rings. The minimum Gasteiger partial charge on any atom is -0.467 e. The summed E-state index contributed by atoms with van der Waals surface area (Å²) in [7, 11) is 0. The van der Waals surface area contributed by atoms with Gasteiger partial charge in [0.1, 0.15) is 11.6 Å². The van der Waals surface area contributed by atoms with Gasteiger partial charge in [0.25, 0.3) is 5.69 Å². The van der Waals surface area contributed by atoms with Crippen molar-refractivity contribution in [3.05, 3.63) is 63.5 Å². The van der Waals surface area contributed by atoms with Gasteiger partial charge in [0.15, 0.2) is 6.79 Å². The highest BCUT2D eigenvalue weighted by Crippen LogP contribution is 2.29. The van der Waals surface area contributed by atoms with E-state index in [1.165, 1.54) is 36.4 Å². The van der Waals surface area contributed by atoms with Crippen LogP contribution >= 0.6 is 0 Å². The number of halogens is 1. The molecule has 0 atom stereocenters. The number of nitro groups is 1. The molecule has 0 unspecified atom stereocenters. The standard InChI is InChI=1S/C17H16FN3O5/c18-13-7-11(16-12(8-13)9-25-10-26-16)5-6-19-17(22)20-14-1-3-15(4-2-14)21(23)24/h1-4,7-8H,5-6,9-10H2,(H2,19,20,22). The van der Waals surface area contributed by atoms with E-state index in [1.54, 1.807) is 0 Å². The summed E-state index contributed by atoms with van der Waals surface area (Å²) >= 11 is 0.